The summed E-state index contributed by atoms with van der Waals surface area (Å²) in [5.74, 6) is 1.22. The van der Waals surface area contributed by atoms with Gasteiger partial charge in [-0.3, -0.25) is 9.69 Å². The fourth-order valence-electron chi connectivity index (χ4n) is 2.52. The van der Waals surface area contributed by atoms with Crippen LogP contribution in [0.2, 0.25) is 0 Å². The number of benzene rings is 2. The Morgan fingerprint density at radius 2 is 2.00 bits per heavy atom. The molecule has 4 nitrogen and oxygen atoms in total. The molecular weight excluding hydrogens is 434 g/mol. The van der Waals surface area contributed by atoms with Gasteiger partial charge in [-0.1, -0.05) is 42.2 Å². The molecule has 1 fully saturated rings. The van der Waals surface area contributed by atoms with Gasteiger partial charge in [-0.2, -0.15) is 0 Å². The number of carbonyl (C=O) groups excluding carboxylic acids is 1. The Morgan fingerprint density at radius 3 is 2.69 bits per heavy atom. The molecule has 0 unspecified atom stereocenters. The highest BCUT2D eigenvalue weighted by Gasteiger charge is 2.34. The molecule has 1 saturated heterocycles. The molecule has 0 saturated carbocycles. The molecule has 2 aromatic rings. The number of rotatable bonds is 5. The maximum Gasteiger partial charge on any atom is 0.270 e. The zero-order valence-electron chi connectivity index (χ0n) is 14.2. The number of ether oxygens (including phenoxy) is 2. The summed E-state index contributed by atoms with van der Waals surface area (Å²) in [7, 11) is 1.57. The Bertz CT molecular complexity index is 898. The van der Waals surface area contributed by atoms with Crippen LogP contribution in [0.5, 0.6) is 11.5 Å². The van der Waals surface area contributed by atoms with E-state index in [0.29, 0.717) is 27.3 Å². The van der Waals surface area contributed by atoms with E-state index in [1.165, 1.54) is 16.7 Å². The smallest absolute Gasteiger partial charge is 0.270 e. The van der Waals surface area contributed by atoms with Crippen LogP contribution in [0.1, 0.15) is 12.5 Å². The number of halogens is 1. The van der Waals surface area contributed by atoms with E-state index in [0.717, 1.165) is 15.8 Å². The minimum Gasteiger partial charge on any atom is -0.495 e. The maximum atomic E-state index is 12.9. The lowest BCUT2D eigenvalue weighted by atomic mass is 10.2. The van der Waals surface area contributed by atoms with Gasteiger partial charge >= 0.3 is 0 Å². The second-order valence-electron chi connectivity index (χ2n) is 5.31. The van der Waals surface area contributed by atoms with Crippen molar-refractivity contribution in [1.82, 2.24) is 0 Å². The lowest BCUT2D eigenvalue weighted by Gasteiger charge is -2.17. The summed E-state index contributed by atoms with van der Waals surface area (Å²) in [5, 5.41) is 0. The number of hydrogen-bond acceptors (Lipinski definition) is 5. The summed E-state index contributed by atoms with van der Waals surface area (Å²) in [6.45, 7) is 2.53. The molecule has 26 heavy (non-hydrogen) atoms. The quantitative estimate of drug-likeness (QED) is 0.459. The first-order valence-electron chi connectivity index (χ1n) is 7.88. The zero-order valence-corrected chi connectivity index (χ0v) is 17.4. The van der Waals surface area contributed by atoms with Gasteiger partial charge in [-0.05, 0) is 58.8 Å². The highest BCUT2D eigenvalue weighted by molar-refractivity contribution is 9.10. The van der Waals surface area contributed by atoms with Crippen LogP contribution in [0.3, 0.4) is 0 Å². The van der Waals surface area contributed by atoms with Crippen molar-refractivity contribution < 1.29 is 14.3 Å². The van der Waals surface area contributed by atoms with E-state index in [-0.39, 0.29) is 5.91 Å². The Balaban J connectivity index is 1.91. The van der Waals surface area contributed by atoms with Crippen LogP contribution in [0.15, 0.2) is 51.8 Å². The lowest BCUT2D eigenvalue weighted by molar-refractivity contribution is -0.113. The Kier molecular flexibility index (Phi) is 6.01. The molecule has 0 aliphatic carbocycles. The van der Waals surface area contributed by atoms with Crippen LogP contribution in [-0.2, 0) is 4.79 Å². The molecule has 0 bridgehead atoms. The average Bonchev–Trinajstić information content (AvgIpc) is 2.91. The van der Waals surface area contributed by atoms with E-state index >= 15 is 0 Å². The molecule has 0 atom stereocenters. The summed E-state index contributed by atoms with van der Waals surface area (Å²) >= 11 is 10.2. The lowest BCUT2D eigenvalue weighted by Crippen LogP contribution is -2.27. The molecule has 0 aromatic heterocycles. The van der Waals surface area contributed by atoms with Crippen LogP contribution in [-0.4, -0.2) is 23.9 Å². The minimum absolute atomic E-state index is 0.158. The van der Waals surface area contributed by atoms with E-state index in [2.05, 4.69) is 15.9 Å². The largest absolute Gasteiger partial charge is 0.495 e. The summed E-state index contributed by atoms with van der Waals surface area (Å²) in [6.07, 6.45) is 1.83. The van der Waals surface area contributed by atoms with E-state index < -0.39 is 0 Å². The van der Waals surface area contributed by atoms with Gasteiger partial charge in [0.2, 0.25) is 0 Å². The SMILES string of the molecule is CCOc1ccc(/C=C2\SC(=S)N(c3ccccc3OC)C2=O)cc1Br. The zero-order chi connectivity index (χ0) is 18.7. The van der Waals surface area contributed by atoms with Crippen molar-refractivity contribution in [2.24, 2.45) is 0 Å². The number of anilines is 1. The third-order valence-electron chi connectivity index (χ3n) is 3.67. The maximum absolute atomic E-state index is 12.9. The molecule has 134 valence electrons. The van der Waals surface area contributed by atoms with Gasteiger partial charge in [0.1, 0.15) is 11.5 Å². The van der Waals surface area contributed by atoms with Gasteiger partial charge in [0, 0.05) is 0 Å². The molecule has 1 aliphatic rings. The molecule has 1 heterocycles. The second-order valence-corrected chi connectivity index (χ2v) is 7.84. The Morgan fingerprint density at radius 1 is 1.23 bits per heavy atom. The summed E-state index contributed by atoms with van der Waals surface area (Å²) in [5.41, 5.74) is 1.54. The molecule has 1 aliphatic heterocycles. The number of thiocarbonyl (C=S) groups is 1. The van der Waals surface area contributed by atoms with Crippen molar-refractivity contribution >= 4 is 61.9 Å². The molecule has 2 aromatic carbocycles. The van der Waals surface area contributed by atoms with Gasteiger partial charge < -0.3 is 9.47 Å². The van der Waals surface area contributed by atoms with Crippen molar-refractivity contribution in [2.45, 2.75) is 6.92 Å². The summed E-state index contributed by atoms with van der Waals surface area (Å²) < 4.78 is 12.2. The summed E-state index contributed by atoms with van der Waals surface area (Å²) in [4.78, 5) is 15.0. The number of para-hydroxylation sites is 2. The van der Waals surface area contributed by atoms with Crippen molar-refractivity contribution in [3.63, 3.8) is 0 Å². The van der Waals surface area contributed by atoms with E-state index in [1.54, 1.807) is 13.2 Å². The molecule has 1 amide bonds. The van der Waals surface area contributed by atoms with Crippen molar-refractivity contribution in [2.75, 3.05) is 18.6 Å². The number of amides is 1. The monoisotopic (exact) mass is 449 g/mol. The van der Waals surface area contributed by atoms with Gasteiger partial charge in [0.15, 0.2) is 4.32 Å². The van der Waals surface area contributed by atoms with Crippen LogP contribution in [0, 0.1) is 0 Å². The highest BCUT2D eigenvalue weighted by atomic mass is 79.9. The van der Waals surface area contributed by atoms with Gasteiger partial charge in [0.05, 0.1) is 28.8 Å². The van der Waals surface area contributed by atoms with Crippen LogP contribution < -0.4 is 14.4 Å². The first kappa shape index (κ1) is 18.9. The first-order chi connectivity index (χ1) is 12.5. The predicted molar refractivity (Wildman–Crippen MR) is 114 cm³/mol. The molecular formula is C19H16BrNO3S2. The number of methoxy groups -OCH3 is 1. The van der Waals surface area contributed by atoms with Gasteiger partial charge in [-0.25, -0.2) is 0 Å². The van der Waals surface area contributed by atoms with Crippen LogP contribution >= 0.6 is 39.9 Å². The molecule has 3 rings (SSSR count). The molecule has 0 radical (unpaired) electrons. The second kappa shape index (κ2) is 8.24. The highest BCUT2D eigenvalue weighted by Crippen LogP contribution is 2.40. The van der Waals surface area contributed by atoms with Crippen LogP contribution in [0.25, 0.3) is 6.08 Å². The van der Waals surface area contributed by atoms with Gasteiger partial charge in [-0.15, -0.1) is 0 Å². The topological polar surface area (TPSA) is 38.8 Å². The number of thioether (sulfide) groups is 1. The summed E-state index contributed by atoms with van der Waals surface area (Å²) in [6, 6.07) is 13.0. The van der Waals surface area contributed by atoms with Crippen LogP contribution in [0.4, 0.5) is 5.69 Å². The fraction of sp³-hybridized carbons (Fsp3) is 0.158. The molecule has 7 heteroatoms. The van der Waals surface area contributed by atoms with E-state index in [9.17, 15) is 4.79 Å². The normalized spacial score (nSPS) is 15.7. The van der Waals surface area contributed by atoms with E-state index in [1.807, 2.05) is 49.4 Å². The third kappa shape index (κ3) is 3.79. The van der Waals surface area contributed by atoms with Gasteiger partial charge in [0.25, 0.3) is 5.91 Å². The van der Waals surface area contributed by atoms with Crippen molar-refractivity contribution in [3.05, 3.63) is 57.4 Å². The number of hydrogen-bond donors (Lipinski definition) is 0. The Labute approximate surface area is 170 Å². The van der Waals surface area contributed by atoms with E-state index in [4.69, 9.17) is 21.7 Å². The first-order valence-corrected chi connectivity index (χ1v) is 9.90. The molecule has 0 N–H and O–H groups in total. The van der Waals surface area contributed by atoms with Crippen molar-refractivity contribution in [1.29, 1.82) is 0 Å². The number of nitrogens with zero attached hydrogens (tertiary/aromatic N) is 1. The standard InChI is InChI=1S/C19H16BrNO3S2/c1-3-24-15-9-8-12(10-13(15)20)11-17-18(22)21(19(25)26-17)14-6-4-5-7-16(14)23-2/h4-11H,3H2,1-2H3/b17-11-. The Hall–Kier alpha value is -1.83. The fourth-order valence-corrected chi connectivity index (χ4v) is 4.32. The number of carbonyl (C=O) groups is 1. The molecule has 0 spiro atoms. The minimum atomic E-state index is -0.158. The van der Waals surface area contributed by atoms with Crippen molar-refractivity contribution in [3.8, 4) is 11.5 Å². The predicted octanol–water partition coefficient (Wildman–Crippen LogP) is 5.26. The average molecular weight is 450 g/mol. The third-order valence-corrected chi connectivity index (χ3v) is 5.60.